The minimum atomic E-state index is -0.560. The number of para-hydroxylation sites is 1. The van der Waals surface area contributed by atoms with Crippen molar-refractivity contribution in [3.05, 3.63) is 78.3 Å². The largest absolute Gasteiger partial charge is 0.457 e. The zero-order valence-corrected chi connectivity index (χ0v) is 21.4. The van der Waals surface area contributed by atoms with Gasteiger partial charge in [-0.15, -0.1) is 0 Å². The van der Waals surface area contributed by atoms with Crippen molar-refractivity contribution in [2.24, 2.45) is 0 Å². The number of nitrogens with one attached hydrogen (secondary N) is 1. The standard InChI is InChI=1S/C29H30N6O2/c1-5-35(6-2)29(3,4)16-20(17-30)25(36)28-33-26(31)24-23(18-32-27(24)34-28)19-12-14-22(15-13-19)37-21-10-8-7-9-11-21/h7-16,18H,5-6H2,1-4H3,(H3,31,32,33,34). The number of aromatic nitrogens is 3. The highest BCUT2D eigenvalue weighted by Gasteiger charge is 2.26. The topological polar surface area (TPSA) is 121 Å². The number of likely N-dealkylation sites (N-methyl/N-ethyl adjacent to an activating group) is 1. The number of nitrogens with zero attached hydrogens (tertiary/aromatic N) is 4. The fraction of sp³-hybridized carbons (Fsp3) is 0.241. The molecule has 2 aromatic heterocycles. The van der Waals surface area contributed by atoms with Crippen LogP contribution in [0.5, 0.6) is 11.5 Å². The van der Waals surface area contributed by atoms with Gasteiger partial charge in [0.1, 0.15) is 34.6 Å². The number of Topliss-reactive ketones (excluding diaryl/α,β-unsaturated/α-hetero) is 1. The first-order valence-corrected chi connectivity index (χ1v) is 12.2. The molecule has 0 bridgehead atoms. The van der Waals surface area contributed by atoms with Gasteiger partial charge in [-0.1, -0.05) is 44.2 Å². The number of fused-ring (bicyclic) bond motifs is 1. The zero-order chi connectivity index (χ0) is 26.6. The predicted octanol–water partition coefficient (Wildman–Crippen LogP) is 5.75. The number of carbonyl (C=O) groups is 1. The van der Waals surface area contributed by atoms with Crippen LogP contribution in [0.3, 0.4) is 0 Å². The Labute approximate surface area is 216 Å². The number of benzene rings is 2. The normalized spacial score (nSPS) is 12.1. The minimum absolute atomic E-state index is 0.0172. The summed E-state index contributed by atoms with van der Waals surface area (Å²) in [6.45, 7) is 9.58. The molecular formula is C29H30N6O2. The SMILES string of the molecule is CCN(CC)C(C)(C)C=C(C#N)C(=O)c1nc(N)c2c(-c3ccc(Oc4ccccc4)cc3)c[nH]c2n1. The van der Waals surface area contributed by atoms with E-state index in [9.17, 15) is 10.1 Å². The Hall–Kier alpha value is -4.48. The van der Waals surface area contributed by atoms with E-state index in [4.69, 9.17) is 10.5 Å². The third-order valence-electron chi connectivity index (χ3n) is 6.35. The van der Waals surface area contributed by atoms with Crippen LogP contribution in [0.15, 0.2) is 72.4 Å². The molecule has 0 saturated carbocycles. The third kappa shape index (κ3) is 5.37. The monoisotopic (exact) mass is 494 g/mol. The molecule has 3 N–H and O–H groups in total. The van der Waals surface area contributed by atoms with Crippen molar-refractivity contribution in [3.63, 3.8) is 0 Å². The van der Waals surface area contributed by atoms with Crippen LogP contribution in [-0.2, 0) is 0 Å². The number of aromatic amines is 1. The Morgan fingerprint density at radius 1 is 1.08 bits per heavy atom. The Morgan fingerprint density at radius 2 is 1.73 bits per heavy atom. The van der Waals surface area contributed by atoms with E-state index in [0.717, 1.165) is 30.0 Å². The van der Waals surface area contributed by atoms with Gasteiger partial charge in [-0.25, -0.2) is 9.97 Å². The predicted molar refractivity (Wildman–Crippen MR) is 145 cm³/mol. The fourth-order valence-electron chi connectivity index (χ4n) is 4.47. The van der Waals surface area contributed by atoms with Crippen molar-refractivity contribution >= 4 is 22.6 Å². The molecule has 0 saturated heterocycles. The third-order valence-corrected chi connectivity index (χ3v) is 6.35. The van der Waals surface area contributed by atoms with Crippen LogP contribution < -0.4 is 10.5 Å². The van der Waals surface area contributed by atoms with Gasteiger partial charge in [0.15, 0.2) is 0 Å². The maximum atomic E-state index is 13.2. The van der Waals surface area contributed by atoms with Crippen LogP contribution >= 0.6 is 0 Å². The van der Waals surface area contributed by atoms with Crippen molar-refractivity contribution in [1.82, 2.24) is 19.9 Å². The van der Waals surface area contributed by atoms with Gasteiger partial charge >= 0.3 is 0 Å². The van der Waals surface area contributed by atoms with E-state index in [1.165, 1.54) is 0 Å². The average Bonchev–Trinajstić information content (AvgIpc) is 3.33. The van der Waals surface area contributed by atoms with Gasteiger partial charge in [0, 0.05) is 17.3 Å². The molecule has 4 aromatic rings. The van der Waals surface area contributed by atoms with E-state index in [1.54, 1.807) is 12.3 Å². The maximum Gasteiger partial charge on any atom is 0.240 e. The first-order chi connectivity index (χ1) is 17.8. The zero-order valence-electron chi connectivity index (χ0n) is 21.4. The molecule has 0 aliphatic carbocycles. The molecule has 8 nitrogen and oxygen atoms in total. The van der Waals surface area contributed by atoms with E-state index in [-0.39, 0.29) is 17.2 Å². The second-order valence-electron chi connectivity index (χ2n) is 9.12. The summed E-state index contributed by atoms with van der Waals surface area (Å²) in [5.41, 5.74) is 7.92. The highest BCUT2D eigenvalue weighted by molar-refractivity contribution is 6.11. The molecule has 37 heavy (non-hydrogen) atoms. The number of rotatable bonds is 9. The van der Waals surface area contributed by atoms with Gasteiger partial charge in [0.05, 0.1) is 5.39 Å². The number of nitrogens with two attached hydrogens (primary N) is 1. The number of ether oxygens (including phenoxy) is 1. The van der Waals surface area contributed by atoms with Crippen molar-refractivity contribution < 1.29 is 9.53 Å². The van der Waals surface area contributed by atoms with E-state index >= 15 is 0 Å². The van der Waals surface area contributed by atoms with Gasteiger partial charge in [0.25, 0.3) is 0 Å². The smallest absolute Gasteiger partial charge is 0.240 e. The summed E-state index contributed by atoms with van der Waals surface area (Å²) < 4.78 is 5.87. The number of H-pyrrole nitrogens is 1. The lowest BCUT2D eigenvalue weighted by Crippen LogP contribution is -2.42. The number of ketones is 1. The Balaban J connectivity index is 1.63. The molecule has 0 radical (unpaired) electrons. The lowest BCUT2D eigenvalue weighted by Gasteiger charge is -2.34. The van der Waals surface area contributed by atoms with Gasteiger partial charge in [0.2, 0.25) is 11.6 Å². The van der Waals surface area contributed by atoms with E-state index in [1.807, 2.05) is 88.4 Å². The second-order valence-corrected chi connectivity index (χ2v) is 9.12. The number of nitriles is 1. The fourth-order valence-corrected chi connectivity index (χ4v) is 4.47. The summed E-state index contributed by atoms with van der Waals surface area (Å²) in [5, 5.41) is 10.3. The molecule has 2 aromatic carbocycles. The first kappa shape index (κ1) is 25.6. The summed E-state index contributed by atoms with van der Waals surface area (Å²) in [7, 11) is 0. The van der Waals surface area contributed by atoms with Crippen LogP contribution in [0.2, 0.25) is 0 Å². The molecular weight excluding hydrogens is 464 g/mol. The lowest BCUT2D eigenvalue weighted by molar-refractivity contribution is 0.102. The Morgan fingerprint density at radius 3 is 2.35 bits per heavy atom. The lowest BCUT2D eigenvalue weighted by atomic mass is 9.97. The van der Waals surface area contributed by atoms with Gasteiger partial charge in [-0.05, 0) is 62.8 Å². The highest BCUT2D eigenvalue weighted by atomic mass is 16.5. The number of nitrogen functional groups attached to an aromatic ring is 1. The molecule has 8 heteroatoms. The molecule has 0 fully saturated rings. The quantitative estimate of drug-likeness (QED) is 0.173. The molecule has 0 atom stereocenters. The molecule has 0 amide bonds. The summed E-state index contributed by atoms with van der Waals surface area (Å²) in [6, 6.07) is 19.2. The van der Waals surface area contributed by atoms with E-state index < -0.39 is 11.3 Å². The maximum absolute atomic E-state index is 13.2. The number of carbonyl (C=O) groups excluding carboxylic acids is 1. The Kier molecular flexibility index (Phi) is 7.37. The van der Waals surface area contributed by atoms with Gasteiger partial charge in [-0.2, -0.15) is 5.26 Å². The number of hydrogen-bond acceptors (Lipinski definition) is 7. The van der Waals surface area contributed by atoms with Crippen molar-refractivity contribution in [2.75, 3.05) is 18.8 Å². The summed E-state index contributed by atoms with van der Waals surface area (Å²) in [4.78, 5) is 27.1. The summed E-state index contributed by atoms with van der Waals surface area (Å²) in [5.74, 6) is 0.941. The molecule has 0 aliphatic heterocycles. The van der Waals surface area contributed by atoms with Gasteiger partial charge < -0.3 is 15.5 Å². The van der Waals surface area contributed by atoms with Crippen molar-refractivity contribution in [2.45, 2.75) is 33.2 Å². The second kappa shape index (κ2) is 10.6. The van der Waals surface area contributed by atoms with Gasteiger partial charge in [-0.3, -0.25) is 9.69 Å². The van der Waals surface area contributed by atoms with Crippen LogP contribution in [0.25, 0.3) is 22.2 Å². The van der Waals surface area contributed by atoms with Crippen LogP contribution in [-0.4, -0.2) is 44.3 Å². The number of anilines is 1. The van der Waals surface area contributed by atoms with Crippen LogP contribution in [0.1, 0.15) is 38.3 Å². The number of hydrogen-bond donors (Lipinski definition) is 2. The highest BCUT2D eigenvalue weighted by Crippen LogP contribution is 2.33. The van der Waals surface area contributed by atoms with Crippen molar-refractivity contribution in [1.29, 1.82) is 5.26 Å². The van der Waals surface area contributed by atoms with E-state index in [0.29, 0.717) is 16.8 Å². The number of allylic oxidation sites excluding steroid dienone is 1. The molecule has 0 aliphatic rings. The summed E-state index contributed by atoms with van der Waals surface area (Å²) in [6.07, 6.45) is 3.45. The van der Waals surface area contributed by atoms with Crippen molar-refractivity contribution in [3.8, 4) is 28.7 Å². The molecule has 0 spiro atoms. The average molecular weight is 495 g/mol. The first-order valence-electron chi connectivity index (χ1n) is 12.2. The van der Waals surface area contributed by atoms with Crippen LogP contribution in [0.4, 0.5) is 5.82 Å². The molecule has 188 valence electrons. The molecule has 2 heterocycles. The summed E-state index contributed by atoms with van der Waals surface area (Å²) >= 11 is 0. The van der Waals surface area contributed by atoms with E-state index in [2.05, 4.69) is 19.9 Å². The Bertz CT molecular complexity index is 1480. The van der Waals surface area contributed by atoms with Crippen LogP contribution in [0, 0.1) is 11.3 Å². The molecule has 0 unspecified atom stereocenters. The minimum Gasteiger partial charge on any atom is -0.457 e. The molecule has 4 rings (SSSR count).